The Morgan fingerprint density at radius 3 is 2.67 bits per heavy atom. The zero-order chi connectivity index (χ0) is 11.3. The summed E-state index contributed by atoms with van der Waals surface area (Å²) in [6.45, 7) is 4.47. The molecule has 0 saturated carbocycles. The summed E-state index contributed by atoms with van der Waals surface area (Å²) >= 11 is 5.92. The van der Waals surface area contributed by atoms with Gasteiger partial charge in [-0.05, 0) is 17.5 Å². The fourth-order valence-electron chi connectivity index (χ4n) is 1.11. The van der Waals surface area contributed by atoms with Crippen LogP contribution in [-0.4, -0.2) is 12.6 Å². The van der Waals surface area contributed by atoms with Gasteiger partial charge in [-0.2, -0.15) is 0 Å². The van der Waals surface area contributed by atoms with Crippen molar-refractivity contribution in [1.82, 2.24) is 0 Å². The van der Waals surface area contributed by atoms with Crippen LogP contribution in [0.4, 0.5) is 0 Å². The second-order valence-electron chi connectivity index (χ2n) is 3.85. The van der Waals surface area contributed by atoms with Gasteiger partial charge < -0.3 is 4.74 Å². The monoisotopic (exact) mass is 226 g/mol. The van der Waals surface area contributed by atoms with Crippen LogP contribution < -0.4 is 0 Å². The molecule has 1 aromatic rings. The van der Waals surface area contributed by atoms with Gasteiger partial charge in [-0.3, -0.25) is 4.79 Å². The molecule has 0 aromatic heterocycles. The number of carbonyl (C=O) groups is 1. The number of benzene rings is 1. The fraction of sp³-hybridized carbons (Fsp3) is 0.417. The SMILES string of the molecule is CC(C)COC(=O)Cc1ccccc1Cl. The summed E-state index contributed by atoms with van der Waals surface area (Å²) in [4.78, 5) is 11.4. The third-order valence-electron chi connectivity index (χ3n) is 1.87. The summed E-state index contributed by atoms with van der Waals surface area (Å²) in [5, 5.41) is 0.610. The van der Waals surface area contributed by atoms with Gasteiger partial charge in [0.25, 0.3) is 0 Å². The van der Waals surface area contributed by atoms with Crippen molar-refractivity contribution in [1.29, 1.82) is 0 Å². The molecule has 0 radical (unpaired) electrons. The second kappa shape index (κ2) is 5.76. The van der Waals surface area contributed by atoms with Crippen molar-refractivity contribution in [2.24, 2.45) is 5.92 Å². The summed E-state index contributed by atoms with van der Waals surface area (Å²) in [6, 6.07) is 7.30. The first kappa shape index (κ1) is 12.1. The van der Waals surface area contributed by atoms with E-state index < -0.39 is 0 Å². The van der Waals surface area contributed by atoms with Crippen molar-refractivity contribution in [3.8, 4) is 0 Å². The topological polar surface area (TPSA) is 26.3 Å². The lowest BCUT2D eigenvalue weighted by Gasteiger charge is -2.07. The summed E-state index contributed by atoms with van der Waals surface area (Å²) < 4.78 is 5.06. The quantitative estimate of drug-likeness (QED) is 0.738. The van der Waals surface area contributed by atoms with Crippen LogP contribution in [0.2, 0.25) is 5.02 Å². The molecule has 0 bridgehead atoms. The van der Waals surface area contributed by atoms with Crippen molar-refractivity contribution in [3.63, 3.8) is 0 Å². The van der Waals surface area contributed by atoms with E-state index in [-0.39, 0.29) is 12.4 Å². The number of carbonyl (C=O) groups excluding carboxylic acids is 1. The highest BCUT2D eigenvalue weighted by atomic mass is 35.5. The molecule has 0 aliphatic carbocycles. The minimum Gasteiger partial charge on any atom is -0.465 e. The number of halogens is 1. The van der Waals surface area contributed by atoms with Gasteiger partial charge in [0.15, 0.2) is 0 Å². The summed E-state index contributed by atoms with van der Waals surface area (Å²) in [6.07, 6.45) is 0.242. The van der Waals surface area contributed by atoms with E-state index in [0.717, 1.165) is 5.56 Å². The lowest BCUT2D eigenvalue weighted by Crippen LogP contribution is -2.12. The molecule has 0 amide bonds. The number of rotatable bonds is 4. The first-order chi connectivity index (χ1) is 7.09. The van der Waals surface area contributed by atoms with Crippen molar-refractivity contribution in [3.05, 3.63) is 34.9 Å². The van der Waals surface area contributed by atoms with Gasteiger partial charge in [-0.25, -0.2) is 0 Å². The fourth-order valence-corrected chi connectivity index (χ4v) is 1.31. The molecule has 1 aromatic carbocycles. The normalized spacial score (nSPS) is 10.4. The second-order valence-corrected chi connectivity index (χ2v) is 4.25. The highest BCUT2D eigenvalue weighted by Crippen LogP contribution is 2.15. The Kier molecular flexibility index (Phi) is 4.63. The highest BCUT2D eigenvalue weighted by Gasteiger charge is 2.08. The molecule has 0 unspecified atom stereocenters. The maximum Gasteiger partial charge on any atom is 0.310 e. The molecule has 2 nitrogen and oxygen atoms in total. The Morgan fingerprint density at radius 1 is 1.40 bits per heavy atom. The van der Waals surface area contributed by atoms with E-state index >= 15 is 0 Å². The Labute approximate surface area is 95.2 Å². The first-order valence-electron chi connectivity index (χ1n) is 4.98. The molecule has 15 heavy (non-hydrogen) atoms. The average Bonchev–Trinajstić information content (AvgIpc) is 2.18. The largest absolute Gasteiger partial charge is 0.465 e. The van der Waals surface area contributed by atoms with Crippen LogP contribution in [0.5, 0.6) is 0 Å². The van der Waals surface area contributed by atoms with Gasteiger partial charge >= 0.3 is 5.97 Å². The van der Waals surface area contributed by atoms with E-state index in [4.69, 9.17) is 16.3 Å². The molecule has 0 aliphatic heterocycles. The molecule has 3 heteroatoms. The van der Waals surface area contributed by atoms with Gasteiger partial charge in [0, 0.05) is 5.02 Å². The molecule has 0 fully saturated rings. The van der Waals surface area contributed by atoms with Crippen LogP contribution in [0.25, 0.3) is 0 Å². The van der Waals surface area contributed by atoms with Gasteiger partial charge in [-0.15, -0.1) is 0 Å². The van der Waals surface area contributed by atoms with Crippen molar-refractivity contribution < 1.29 is 9.53 Å². The predicted octanol–water partition coefficient (Wildman–Crippen LogP) is 3.08. The highest BCUT2D eigenvalue weighted by molar-refractivity contribution is 6.31. The van der Waals surface area contributed by atoms with Crippen LogP contribution in [-0.2, 0) is 16.0 Å². The third-order valence-corrected chi connectivity index (χ3v) is 2.24. The van der Waals surface area contributed by atoms with Crippen LogP contribution in [0.3, 0.4) is 0 Å². The molecule has 1 rings (SSSR count). The molecule has 82 valence electrons. The smallest absolute Gasteiger partial charge is 0.310 e. The Hall–Kier alpha value is -1.02. The zero-order valence-electron chi connectivity index (χ0n) is 9.00. The maximum absolute atomic E-state index is 11.4. The molecule has 0 saturated heterocycles. The van der Waals surface area contributed by atoms with Crippen LogP contribution >= 0.6 is 11.6 Å². The summed E-state index contributed by atoms with van der Waals surface area (Å²) in [5.74, 6) is 0.136. The number of hydrogen-bond donors (Lipinski definition) is 0. The van der Waals surface area contributed by atoms with Crippen molar-refractivity contribution >= 4 is 17.6 Å². The van der Waals surface area contributed by atoms with Crippen molar-refractivity contribution in [2.45, 2.75) is 20.3 Å². The van der Waals surface area contributed by atoms with Gasteiger partial charge in [0.1, 0.15) is 0 Å². The lowest BCUT2D eigenvalue weighted by molar-refractivity contribution is -0.143. The van der Waals surface area contributed by atoms with Gasteiger partial charge in [0.05, 0.1) is 13.0 Å². The Balaban J connectivity index is 2.48. The van der Waals surface area contributed by atoms with Crippen LogP contribution in [0.15, 0.2) is 24.3 Å². The standard InChI is InChI=1S/C12H15ClO2/c1-9(2)8-15-12(14)7-10-5-3-4-6-11(10)13/h3-6,9H,7-8H2,1-2H3. The number of ether oxygens (including phenoxy) is 1. The third kappa shape index (κ3) is 4.34. The van der Waals surface area contributed by atoms with E-state index in [1.54, 1.807) is 6.07 Å². The van der Waals surface area contributed by atoms with E-state index in [0.29, 0.717) is 17.5 Å². The number of esters is 1. The number of hydrogen-bond acceptors (Lipinski definition) is 2. The zero-order valence-corrected chi connectivity index (χ0v) is 9.75. The summed E-state index contributed by atoms with van der Waals surface area (Å²) in [7, 11) is 0. The van der Waals surface area contributed by atoms with E-state index in [1.807, 2.05) is 32.0 Å². The van der Waals surface area contributed by atoms with Crippen LogP contribution in [0, 0.1) is 5.92 Å². The molecular formula is C12H15ClO2. The maximum atomic E-state index is 11.4. The molecule has 0 spiro atoms. The average molecular weight is 227 g/mol. The minimum atomic E-state index is -0.225. The molecular weight excluding hydrogens is 212 g/mol. The molecule has 0 atom stereocenters. The van der Waals surface area contributed by atoms with E-state index in [1.165, 1.54) is 0 Å². The van der Waals surface area contributed by atoms with Gasteiger partial charge in [0.2, 0.25) is 0 Å². The Bertz CT molecular complexity index is 334. The lowest BCUT2D eigenvalue weighted by atomic mass is 10.1. The van der Waals surface area contributed by atoms with E-state index in [2.05, 4.69) is 0 Å². The molecule has 0 heterocycles. The van der Waals surface area contributed by atoms with E-state index in [9.17, 15) is 4.79 Å². The molecule has 0 N–H and O–H groups in total. The van der Waals surface area contributed by atoms with Crippen molar-refractivity contribution in [2.75, 3.05) is 6.61 Å². The van der Waals surface area contributed by atoms with Gasteiger partial charge in [-0.1, -0.05) is 43.6 Å². The first-order valence-corrected chi connectivity index (χ1v) is 5.36. The molecule has 0 aliphatic rings. The minimum absolute atomic E-state index is 0.225. The van der Waals surface area contributed by atoms with Crippen LogP contribution in [0.1, 0.15) is 19.4 Å². The Morgan fingerprint density at radius 2 is 2.07 bits per heavy atom. The summed E-state index contributed by atoms with van der Waals surface area (Å²) in [5.41, 5.74) is 0.813. The predicted molar refractivity (Wildman–Crippen MR) is 61.0 cm³/mol.